The number of ether oxygens (including phenoxy) is 1. The first-order chi connectivity index (χ1) is 9.70. The highest BCUT2D eigenvalue weighted by Gasteiger charge is 2.07. The van der Waals surface area contributed by atoms with Gasteiger partial charge in [0.15, 0.2) is 0 Å². The molecule has 1 amide bonds. The Morgan fingerprint density at radius 3 is 2.30 bits per heavy atom. The number of carbonyl (C=O) groups excluding carboxylic acids is 1. The second-order valence-corrected chi connectivity index (χ2v) is 4.18. The Balaban J connectivity index is 2.10. The van der Waals surface area contributed by atoms with Crippen molar-refractivity contribution in [2.24, 2.45) is 0 Å². The van der Waals surface area contributed by atoms with Crippen molar-refractivity contribution in [3.05, 3.63) is 60.2 Å². The van der Waals surface area contributed by atoms with Crippen molar-refractivity contribution in [2.75, 3.05) is 19.1 Å². The van der Waals surface area contributed by atoms with Gasteiger partial charge in [0.25, 0.3) is 0 Å². The average Bonchev–Trinajstić information content (AvgIpc) is 2.53. The summed E-state index contributed by atoms with van der Waals surface area (Å²) in [7, 11) is 3.30. The lowest BCUT2D eigenvalue weighted by Gasteiger charge is -2.14. The fourth-order valence-electron chi connectivity index (χ4n) is 1.65. The molecular formula is C17H15NO2. The Morgan fingerprint density at radius 2 is 1.70 bits per heavy atom. The van der Waals surface area contributed by atoms with Crippen molar-refractivity contribution in [1.82, 2.24) is 0 Å². The van der Waals surface area contributed by atoms with Crippen LogP contribution in [0.3, 0.4) is 0 Å². The zero-order valence-electron chi connectivity index (χ0n) is 11.5. The van der Waals surface area contributed by atoms with Crippen molar-refractivity contribution in [2.45, 2.75) is 0 Å². The predicted molar refractivity (Wildman–Crippen MR) is 79.7 cm³/mol. The van der Waals surface area contributed by atoms with Gasteiger partial charge in [-0.3, -0.25) is 4.79 Å². The molecule has 0 heterocycles. The van der Waals surface area contributed by atoms with Crippen molar-refractivity contribution in [1.29, 1.82) is 0 Å². The molecule has 3 nitrogen and oxygen atoms in total. The van der Waals surface area contributed by atoms with Gasteiger partial charge in [-0.25, -0.2) is 0 Å². The van der Waals surface area contributed by atoms with Gasteiger partial charge in [0.2, 0.25) is 0 Å². The number of amides is 1. The predicted octanol–water partition coefficient (Wildman–Crippen LogP) is 2.71. The molecule has 0 radical (unpaired) electrons. The molecule has 0 spiro atoms. The Bertz CT molecular complexity index is 636. The lowest BCUT2D eigenvalue weighted by Crippen LogP contribution is -2.24. The van der Waals surface area contributed by atoms with Crippen LogP contribution in [-0.2, 0) is 4.79 Å². The molecule has 0 aliphatic carbocycles. The van der Waals surface area contributed by atoms with E-state index in [0.29, 0.717) is 0 Å². The quantitative estimate of drug-likeness (QED) is 0.781. The Hall–Kier alpha value is -2.73. The van der Waals surface area contributed by atoms with Crippen LogP contribution < -0.4 is 9.64 Å². The van der Waals surface area contributed by atoms with Crippen LogP contribution in [0.25, 0.3) is 0 Å². The Kier molecular flexibility index (Phi) is 4.41. The second-order valence-electron chi connectivity index (χ2n) is 4.18. The van der Waals surface area contributed by atoms with Gasteiger partial charge >= 0.3 is 5.91 Å². The molecule has 100 valence electrons. The fourth-order valence-corrected chi connectivity index (χ4v) is 1.65. The summed E-state index contributed by atoms with van der Waals surface area (Å²) in [5.41, 5.74) is 1.60. The number of hydrogen-bond acceptors (Lipinski definition) is 2. The first-order valence-corrected chi connectivity index (χ1v) is 6.19. The highest BCUT2D eigenvalue weighted by atomic mass is 16.5. The smallest absolute Gasteiger partial charge is 0.302 e. The summed E-state index contributed by atoms with van der Waals surface area (Å²) in [5, 5.41) is 0. The van der Waals surface area contributed by atoms with E-state index in [4.69, 9.17) is 4.74 Å². The van der Waals surface area contributed by atoms with Gasteiger partial charge in [0.1, 0.15) is 5.75 Å². The van der Waals surface area contributed by atoms with Gasteiger partial charge in [-0.15, -0.1) is 0 Å². The topological polar surface area (TPSA) is 29.5 Å². The van der Waals surface area contributed by atoms with Crippen LogP contribution in [0.4, 0.5) is 5.69 Å². The van der Waals surface area contributed by atoms with Crippen LogP contribution in [0.1, 0.15) is 5.56 Å². The normalized spacial score (nSPS) is 9.30. The van der Waals surface area contributed by atoms with Crippen LogP contribution in [0.5, 0.6) is 5.75 Å². The Morgan fingerprint density at radius 1 is 1.05 bits per heavy atom. The minimum atomic E-state index is -0.251. The van der Waals surface area contributed by atoms with Crippen molar-refractivity contribution < 1.29 is 9.53 Å². The zero-order chi connectivity index (χ0) is 14.4. The maximum atomic E-state index is 12.0. The summed E-state index contributed by atoms with van der Waals surface area (Å²) in [6, 6.07) is 16.7. The van der Waals surface area contributed by atoms with E-state index < -0.39 is 0 Å². The number of carbonyl (C=O) groups is 1. The molecule has 0 fully saturated rings. The van der Waals surface area contributed by atoms with E-state index in [1.54, 1.807) is 14.2 Å². The van der Waals surface area contributed by atoms with Crippen LogP contribution >= 0.6 is 0 Å². The summed E-state index contributed by atoms with van der Waals surface area (Å²) in [6.07, 6.45) is 0. The maximum Gasteiger partial charge on any atom is 0.302 e. The monoisotopic (exact) mass is 265 g/mol. The summed E-state index contributed by atoms with van der Waals surface area (Å²) >= 11 is 0. The third-order valence-corrected chi connectivity index (χ3v) is 2.85. The highest BCUT2D eigenvalue weighted by molar-refractivity contribution is 6.05. The van der Waals surface area contributed by atoms with E-state index in [1.165, 1.54) is 4.90 Å². The molecule has 0 unspecified atom stereocenters. The molecule has 0 aromatic heterocycles. The number of rotatable bonds is 2. The van der Waals surface area contributed by atoms with E-state index in [1.807, 2.05) is 54.6 Å². The number of hydrogen-bond donors (Lipinski definition) is 0. The van der Waals surface area contributed by atoms with Crippen LogP contribution in [-0.4, -0.2) is 20.1 Å². The van der Waals surface area contributed by atoms with E-state index in [2.05, 4.69) is 11.8 Å². The molecule has 0 atom stereocenters. The SMILES string of the molecule is COc1ccc(N(C)C(=O)C#Cc2ccccc2)cc1. The third-order valence-electron chi connectivity index (χ3n) is 2.85. The first kappa shape index (κ1) is 13.7. The van der Waals surface area contributed by atoms with E-state index in [0.717, 1.165) is 17.0 Å². The van der Waals surface area contributed by atoms with Gasteiger partial charge in [-0.1, -0.05) is 24.1 Å². The molecule has 0 aliphatic rings. The molecule has 2 rings (SSSR count). The van der Waals surface area contributed by atoms with E-state index in [-0.39, 0.29) is 5.91 Å². The molecule has 0 saturated carbocycles. The summed E-state index contributed by atoms with van der Waals surface area (Å²) in [4.78, 5) is 13.5. The lowest BCUT2D eigenvalue weighted by molar-refractivity contribution is -0.113. The van der Waals surface area contributed by atoms with Crippen molar-refractivity contribution in [3.8, 4) is 17.6 Å². The summed E-state index contributed by atoms with van der Waals surface area (Å²) in [6.45, 7) is 0. The van der Waals surface area contributed by atoms with E-state index in [9.17, 15) is 4.79 Å². The first-order valence-electron chi connectivity index (χ1n) is 6.19. The molecule has 0 saturated heterocycles. The molecule has 0 aliphatic heterocycles. The minimum Gasteiger partial charge on any atom is -0.497 e. The van der Waals surface area contributed by atoms with Gasteiger partial charge < -0.3 is 9.64 Å². The molecule has 2 aromatic rings. The number of anilines is 1. The van der Waals surface area contributed by atoms with Gasteiger partial charge in [0.05, 0.1) is 7.11 Å². The molecular weight excluding hydrogens is 250 g/mol. The van der Waals surface area contributed by atoms with Gasteiger partial charge in [-0.2, -0.15) is 0 Å². The van der Waals surface area contributed by atoms with Crippen molar-refractivity contribution >= 4 is 11.6 Å². The van der Waals surface area contributed by atoms with Gasteiger partial charge in [0, 0.05) is 24.2 Å². The van der Waals surface area contributed by atoms with Crippen LogP contribution in [0, 0.1) is 11.8 Å². The fraction of sp³-hybridized carbons (Fsp3) is 0.118. The third kappa shape index (κ3) is 3.39. The molecule has 0 N–H and O–H groups in total. The molecule has 20 heavy (non-hydrogen) atoms. The lowest BCUT2D eigenvalue weighted by atomic mass is 10.2. The Labute approximate surface area is 118 Å². The van der Waals surface area contributed by atoms with Crippen LogP contribution in [0.15, 0.2) is 54.6 Å². The van der Waals surface area contributed by atoms with Crippen molar-refractivity contribution in [3.63, 3.8) is 0 Å². The number of nitrogens with zero attached hydrogens (tertiary/aromatic N) is 1. The van der Waals surface area contributed by atoms with Crippen LogP contribution in [0.2, 0.25) is 0 Å². The zero-order valence-corrected chi connectivity index (χ0v) is 11.5. The average molecular weight is 265 g/mol. The number of methoxy groups -OCH3 is 1. The highest BCUT2D eigenvalue weighted by Crippen LogP contribution is 2.17. The molecule has 0 bridgehead atoms. The minimum absolute atomic E-state index is 0.251. The summed E-state index contributed by atoms with van der Waals surface area (Å²) in [5.74, 6) is 5.99. The van der Waals surface area contributed by atoms with Gasteiger partial charge in [-0.05, 0) is 36.4 Å². The van der Waals surface area contributed by atoms with E-state index >= 15 is 0 Å². The standard InChI is InChI=1S/C17H15NO2/c1-18(15-9-11-16(20-2)12-10-15)17(19)13-8-14-6-4-3-5-7-14/h3-7,9-12H,1-2H3. The largest absolute Gasteiger partial charge is 0.497 e. The molecule has 2 aromatic carbocycles. The maximum absolute atomic E-state index is 12.0. The second kappa shape index (κ2) is 6.44. The summed E-state index contributed by atoms with van der Waals surface area (Å²) < 4.78 is 5.08. The number of benzene rings is 2. The molecule has 3 heteroatoms.